The second-order valence-corrected chi connectivity index (χ2v) is 19.4. The third kappa shape index (κ3) is 11.9. The number of esters is 2. The van der Waals surface area contributed by atoms with Crippen molar-refractivity contribution in [3.05, 3.63) is 25.3 Å². The summed E-state index contributed by atoms with van der Waals surface area (Å²) in [6.07, 6.45) is 2.23. The van der Waals surface area contributed by atoms with Crippen LogP contribution in [0.1, 0.15) is 110 Å². The number of halogens is 2. The zero-order chi connectivity index (χ0) is 46.8. The van der Waals surface area contributed by atoms with Crippen LogP contribution in [-0.4, -0.2) is 108 Å². The molecule has 3 fully saturated rings. The van der Waals surface area contributed by atoms with Crippen LogP contribution in [0.3, 0.4) is 0 Å². The zero-order valence-corrected chi connectivity index (χ0v) is 38.4. The van der Waals surface area contributed by atoms with E-state index in [0.29, 0.717) is 12.8 Å². The van der Waals surface area contributed by atoms with E-state index in [1.165, 1.54) is 28.1 Å². The minimum Gasteiger partial charge on any atom is -0.438 e. The molecule has 2 saturated heterocycles. The number of carbonyl (C=O) groups excluding carboxylic acids is 2. The van der Waals surface area contributed by atoms with Crippen molar-refractivity contribution in [3.8, 4) is 0 Å². The molecular formula is C39H56F2N10O13P2. The van der Waals surface area contributed by atoms with Crippen molar-refractivity contribution in [2.45, 2.75) is 140 Å². The average Bonchev–Trinajstić information content (AvgIpc) is 4.06. The number of carbonyl (C=O) groups is 2. The molecule has 4 N–H and O–H groups in total. The summed E-state index contributed by atoms with van der Waals surface area (Å²) in [5, 5.41) is 0. The number of alkyl halides is 2. The summed E-state index contributed by atoms with van der Waals surface area (Å²) >= 11 is 0. The van der Waals surface area contributed by atoms with Crippen LogP contribution in [-0.2, 0) is 60.1 Å². The number of fused-ring (bicyclic) bond motifs is 4. The van der Waals surface area contributed by atoms with E-state index in [2.05, 4.69) is 43.8 Å². The zero-order valence-electron chi connectivity index (χ0n) is 36.6. The van der Waals surface area contributed by atoms with Crippen molar-refractivity contribution >= 4 is 61.5 Å². The molecule has 0 radical (unpaired) electrons. The molecule has 2 aliphatic heterocycles. The molecule has 1 saturated carbocycles. The number of hydrogen-bond donors (Lipinski definition) is 2. The van der Waals surface area contributed by atoms with Crippen molar-refractivity contribution < 1.29 is 68.9 Å². The lowest BCUT2D eigenvalue weighted by atomic mass is 10.1. The molecule has 4 aromatic rings. The van der Waals surface area contributed by atoms with Crippen molar-refractivity contribution in [2.75, 3.05) is 38.3 Å². The van der Waals surface area contributed by atoms with Crippen LogP contribution < -0.4 is 11.5 Å². The number of aromatic nitrogens is 8. The number of nitrogen functional groups attached to an aromatic ring is 2. The second kappa shape index (κ2) is 22.7. The Morgan fingerprint density at radius 3 is 1.79 bits per heavy atom. The van der Waals surface area contributed by atoms with Crippen molar-refractivity contribution in [1.82, 2.24) is 39.0 Å². The molecule has 0 spiro atoms. The number of nitrogens with zero attached hydrogens (tertiary/aromatic N) is 8. The lowest BCUT2D eigenvalue weighted by Crippen LogP contribution is -2.36. The number of phosphoric acid groups is 2. The highest BCUT2D eigenvalue weighted by molar-refractivity contribution is 7.48. The Balaban J connectivity index is 1.17. The second-order valence-electron chi connectivity index (χ2n) is 16.2. The molecule has 4 aromatic heterocycles. The van der Waals surface area contributed by atoms with Crippen molar-refractivity contribution in [3.63, 3.8) is 0 Å². The van der Waals surface area contributed by atoms with E-state index in [-0.39, 0.29) is 53.2 Å². The number of phosphoric ester groups is 2. The molecule has 27 heteroatoms. The predicted molar refractivity (Wildman–Crippen MR) is 228 cm³/mol. The van der Waals surface area contributed by atoms with Crippen LogP contribution in [0, 0.1) is 5.92 Å². The normalized spacial score (nSPS) is 29.3. The summed E-state index contributed by atoms with van der Waals surface area (Å²) in [7, 11) is -10.0. The Bertz CT molecular complexity index is 2210. The van der Waals surface area contributed by atoms with Gasteiger partial charge in [-0.1, -0.05) is 65.2 Å². The van der Waals surface area contributed by atoms with Gasteiger partial charge in [-0.15, -0.1) is 0 Å². The van der Waals surface area contributed by atoms with Crippen LogP contribution in [0.25, 0.3) is 22.3 Å². The Hall–Kier alpha value is -4.32. The SMILES string of the molecule is CCCCCCCC(=O)OCOP1(=O)OC[C@H]2O[C@@H](n3cnc4c(N)ncnc43)C(F)C2OP(=O)(OCOC(=O)CCCCCCC)OC[C@H]2C[C@@H](n3cnc4c(N)ncnc43)C(F)C2O1. The van der Waals surface area contributed by atoms with Gasteiger partial charge in [0.25, 0.3) is 0 Å². The first kappa shape index (κ1) is 49.6. The fourth-order valence-corrected chi connectivity index (χ4v) is 10.6. The van der Waals surface area contributed by atoms with Crippen LogP contribution >= 0.6 is 15.6 Å². The number of unbranched alkanes of at least 4 members (excludes halogenated alkanes) is 8. The van der Waals surface area contributed by atoms with Crippen LogP contribution in [0.15, 0.2) is 25.3 Å². The molecule has 0 bridgehead atoms. The summed E-state index contributed by atoms with van der Waals surface area (Å²) in [5.41, 5.74) is 12.5. The Kier molecular flexibility index (Phi) is 17.0. The fraction of sp³-hybridized carbons (Fsp3) is 0.692. The van der Waals surface area contributed by atoms with Crippen LogP contribution in [0.5, 0.6) is 0 Å². The highest BCUT2D eigenvalue weighted by Gasteiger charge is 2.55. The van der Waals surface area contributed by atoms with E-state index in [4.69, 9.17) is 52.8 Å². The third-order valence-corrected chi connectivity index (χ3v) is 14.3. The van der Waals surface area contributed by atoms with Crippen molar-refractivity contribution in [2.24, 2.45) is 5.92 Å². The average molecular weight is 973 g/mol. The van der Waals surface area contributed by atoms with Gasteiger partial charge in [0.1, 0.15) is 48.2 Å². The van der Waals surface area contributed by atoms with E-state index < -0.39 is 103 Å². The molecule has 364 valence electrons. The molecule has 6 unspecified atom stereocenters. The molecular weight excluding hydrogens is 916 g/mol. The first-order valence-corrected chi connectivity index (χ1v) is 25.0. The molecule has 10 atom stereocenters. The summed E-state index contributed by atoms with van der Waals surface area (Å²) in [5.74, 6) is -2.43. The van der Waals surface area contributed by atoms with Gasteiger partial charge in [-0.05, 0) is 19.3 Å². The summed E-state index contributed by atoms with van der Waals surface area (Å²) < 4.78 is 117. The first-order valence-electron chi connectivity index (χ1n) is 22.1. The van der Waals surface area contributed by atoms with Gasteiger partial charge in [-0.3, -0.25) is 32.3 Å². The van der Waals surface area contributed by atoms with Gasteiger partial charge in [0, 0.05) is 18.8 Å². The predicted octanol–water partition coefficient (Wildman–Crippen LogP) is 6.75. The van der Waals surface area contributed by atoms with Gasteiger partial charge >= 0.3 is 27.6 Å². The molecule has 23 nitrogen and oxygen atoms in total. The number of ether oxygens (including phenoxy) is 3. The van der Waals surface area contributed by atoms with Gasteiger partial charge in [0.15, 0.2) is 35.3 Å². The monoisotopic (exact) mass is 972 g/mol. The smallest absolute Gasteiger partial charge is 0.438 e. The van der Waals surface area contributed by atoms with Gasteiger partial charge in [-0.25, -0.2) is 56.9 Å². The van der Waals surface area contributed by atoms with Crippen molar-refractivity contribution in [1.29, 1.82) is 0 Å². The van der Waals surface area contributed by atoms with E-state index in [0.717, 1.165) is 57.7 Å². The Morgan fingerprint density at radius 1 is 0.697 bits per heavy atom. The summed E-state index contributed by atoms with van der Waals surface area (Å²) in [6, 6.07) is -1.15. The number of hydrogen-bond acceptors (Lipinski definition) is 21. The third-order valence-electron chi connectivity index (χ3n) is 11.5. The fourth-order valence-electron chi connectivity index (χ4n) is 8.02. The van der Waals surface area contributed by atoms with E-state index in [9.17, 15) is 18.7 Å². The lowest BCUT2D eigenvalue weighted by Gasteiger charge is -2.30. The molecule has 7 rings (SSSR count). The number of nitrogens with two attached hydrogens (primary N) is 2. The number of rotatable bonds is 20. The number of imidazole rings is 2. The minimum atomic E-state index is -5.02. The quantitative estimate of drug-likeness (QED) is 0.0400. The first-order chi connectivity index (χ1) is 31.8. The molecule has 1 aliphatic carbocycles. The van der Waals surface area contributed by atoms with Gasteiger partial charge in [0.2, 0.25) is 13.6 Å². The highest BCUT2D eigenvalue weighted by Crippen LogP contribution is 2.59. The van der Waals surface area contributed by atoms with E-state index >= 15 is 8.78 Å². The molecule has 3 aliphatic rings. The summed E-state index contributed by atoms with van der Waals surface area (Å²) in [4.78, 5) is 49.9. The van der Waals surface area contributed by atoms with E-state index in [1.54, 1.807) is 0 Å². The Morgan fingerprint density at radius 2 is 1.21 bits per heavy atom. The maximum atomic E-state index is 17.0. The van der Waals surface area contributed by atoms with Crippen LogP contribution in [0.4, 0.5) is 20.4 Å². The topological polar surface area (TPSA) is 291 Å². The molecule has 6 heterocycles. The molecule has 66 heavy (non-hydrogen) atoms. The van der Waals surface area contributed by atoms with Gasteiger partial charge in [-0.2, -0.15) is 0 Å². The van der Waals surface area contributed by atoms with Crippen LogP contribution in [0.2, 0.25) is 0 Å². The molecule has 0 amide bonds. The molecule has 0 aromatic carbocycles. The number of anilines is 2. The maximum Gasteiger partial charge on any atom is 0.478 e. The Labute approximate surface area is 378 Å². The highest BCUT2D eigenvalue weighted by atomic mass is 31.2. The minimum absolute atomic E-state index is 0.00921. The standard InChI is InChI=1S/C39H56F2N10O13P2/c1-3-5-7-9-11-13-27(52)56-22-60-65(54)58-16-24-15-25(50-20-48-31-35(42)44-18-46-37(31)50)29(40)33(24)63-66(55,61-23-57-28(53)14-12-10-8-6-4-2)59-17-26-34(64-65)30(41)39(62-26)51-21-49-32-36(43)45-19-47-38(32)51/h18-21,24-26,29-30,33-34,39H,3-17,22-23H2,1-2H3,(H2,42,44,46)(H2,43,45,47)/t24-,25-,26-,29?,30?,33?,34?,39-,65?,66?/m1/s1. The summed E-state index contributed by atoms with van der Waals surface area (Å²) in [6.45, 7) is 0.713. The largest absolute Gasteiger partial charge is 0.478 e. The van der Waals surface area contributed by atoms with E-state index in [1.807, 2.05) is 0 Å². The maximum absolute atomic E-state index is 17.0. The lowest BCUT2D eigenvalue weighted by molar-refractivity contribution is -0.152. The van der Waals surface area contributed by atoms with Gasteiger partial charge < -0.3 is 30.2 Å². The van der Waals surface area contributed by atoms with Gasteiger partial charge in [0.05, 0.1) is 31.9 Å².